The number of nitrogens with zero attached hydrogens (tertiary/aromatic N) is 2. The summed E-state index contributed by atoms with van der Waals surface area (Å²) in [4.78, 5) is 29.2. The van der Waals surface area contributed by atoms with Crippen LogP contribution in [0.3, 0.4) is 0 Å². The van der Waals surface area contributed by atoms with Crippen molar-refractivity contribution in [2.75, 3.05) is 11.9 Å². The number of rotatable bonds is 6. The van der Waals surface area contributed by atoms with Crippen LogP contribution in [0.2, 0.25) is 5.02 Å². The van der Waals surface area contributed by atoms with Gasteiger partial charge in [0.15, 0.2) is 0 Å². The molecule has 0 radical (unpaired) electrons. The molecule has 0 saturated heterocycles. The second-order valence-electron chi connectivity index (χ2n) is 6.80. The van der Waals surface area contributed by atoms with E-state index in [9.17, 15) is 9.59 Å². The van der Waals surface area contributed by atoms with Crippen molar-refractivity contribution in [3.8, 4) is 0 Å². The topological polar surface area (TPSA) is 75.5 Å². The van der Waals surface area contributed by atoms with Crippen molar-refractivity contribution < 1.29 is 9.59 Å². The Morgan fingerprint density at radius 1 is 1.14 bits per heavy atom. The first-order chi connectivity index (χ1) is 13.4. The lowest BCUT2D eigenvalue weighted by atomic mass is 10.2. The van der Waals surface area contributed by atoms with E-state index in [2.05, 4.69) is 15.6 Å². The molecule has 0 saturated carbocycles. The maximum atomic E-state index is 12.6. The van der Waals surface area contributed by atoms with Crippen LogP contribution in [0, 0.1) is 20.8 Å². The van der Waals surface area contributed by atoms with Crippen molar-refractivity contribution in [3.63, 3.8) is 0 Å². The Morgan fingerprint density at radius 2 is 1.93 bits per heavy atom. The van der Waals surface area contributed by atoms with Crippen molar-refractivity contribution in [1.29, 1.82) is 0 Å². The van der Waals surface area contributed by atoms with Crippen LogP contribution in [0.15, 0.2) is 36.5 Å². The summed E-state index contributed by atoms with van der Waals surface area (Å²) in [6.45, 7) is 6.09. The molecule has 0 spiro atoms. The summed E-state index contributed by atoms with van der Waals surface area (Å²) in [5.74, 6) is -0.303. The van der Waals surface area contributed by atoms with Crippen molar-refractivity contribution >= 4 is 34.7 Å². The molecule has 7 heteroatoms. The molecule has 3 rings (SSSR count). The predicted octanol–water partition coefficient (Wildman–Crippen LogP) is 4.06. The third-order valence-corrected chi connectivity index (χ3v) is 4.81. The molecular formula is C21H23ClN4O2. The molecule has 2 aromatic heterocycles. The highest BCUT2D eigenvalue weighted by Crippen LogP contribution is 2.20. The summed E-state index contributed by atoms with van der Waals surface area (Å²) >= 11 is 5.97. The lowest BCUT2D eigenvalue weighted by Gasteiger charge is -2.09. The molecule has 2 amide bonds. The van der Waals surface area contributed by atoms with Crippen LogP contribution >= 0.6 is 11.6 Å². The number of fused-ring (bicyclic) bond motifs is 1. The standard InChI is InChI=1S/C21H23ClN4O2/c1-13-8-9-16(22)12-17(13)25-18(27)7-4-10-23-21(28)19-15(3)24-20-14(2)6-5-11-26(19)20/h5-6,8-9,11-12H,4,7,10H2,1-3H3,(H,23,28)(H,25,27). The third-order valence-electron chi connectivity index (χ3n) is 4.57. The number of imidazole rings is 1. The van der Waals surface area contributed by atoms with Gasteiger partial charge in [-0.15, -0.1) is 0 Å². The van der Waals surface area contributed by atoms with Crippen molar-refractivity contribution in [1.82, 2.24) is 14.7 Å². The van der Waals surface area contributed by atoms with Gasteiger partial charge in [0.2, 0.25) is 5.91 Å². The van der Waals surface area contributed by atoms with Gasteiger partial charge in [-0.1, -0.05) is 23.7 Å². The maximum absolute atomic E-state index is 12.6. The number of aryl methyl sites for hydroxylation is 3. The predicted molar refractivity (Wildman–Crippen MR) is 111 cm³/mol. The lowest BCUT2D eigenvalue weighted by molar-refractivity contribution is -0.116. The number of pyridine rings is 1. The molecule has 146 valence electrons. The summed E-state index contributed by atoms with van der Waals surface area (Å²) in [5.41, 5.74) is 4.65. The van der Waals surface area contributed by atoms with E-state index in [1.165, 1.54) is 0 Å². The highest BCUT2D eigenvalue weighted by Gasteiger charge is 2.17. The number of hydrogen-bond acceptors (Lipinski definition) is 3. The number of benzene rings is 1. The first kappa shape index (κ1) is 19.9. The summed E-state index contributed by atoms with van der Waals surface area (Å²) in [7, 11) is 0. The SMILES string of the molecule is Cc1ccc(Cl)cc1NC(=O)CCCNC(=O)c1c(C)nc2c(C)cccn12. The molecule has 0 fully saturated rings. The van der Waals surface area contributed by atoms with Crippen molar-refractivity contribution in [2.24, 2.45) is 0 Å². The molecule has 0 bridgehead atoms. The zero-order valence-electron chi connectivity index (χ0n) is 16.2. The van der Waals surface area contributed by atoms with Gasteiger partial charge >= 0.3 is 0 Å². The number of hydrogen-bond donors (Lipinski definition) is 2. The number of halogens is 1. The Hall–Kier alpha value is -2.86. The van der Waals surface area contributed by atoms with Gasteiger partial charge in [-0.05, 0) is 56.5 Å². The average Bonchev–Trinajstić information content (AvgIpc) is 2.99. The van der Waals surface area contributed by atoms with Crippen molar-refractivity contribution in [2.45, 2.75) is 33.6 Å². The molecule has 0 aliphatic heterocycles. The second-order valence-corrected chi connectivity index (χ2v) is 7.23. The average molecular weight is 399 g/mol. The number of nitrogens with one attached hydrogen (secondary N) is 2. The normalized spacial score (nSPS) is 10.9. The fourth-order valence-corrected chi connectivity index (χ4v) is 3.24. The van der Waals surface area contributed by atoms with E-state index < -0.39 is 0 Å². The number of anilines is 1. The van der Waals surface area contributed by atoms with Gasteiger partial charge in [-0.2, -0.15) is 0 Å². The molecule has 0 atom stereocenters. The number of carbonyl (C=O) groups excluding carboxylic acids is 2. The van der Waals surface area contributed by atoms with E-state index in [0.29, 0.717) is 41.5 Å². The van der Waals surface area contributed by atoms with Crippen molar-refractivity contribution in [3.05, 3.63) is 64.1 Å². The minimum Gasteiger partial charge on any atom is -0.351 e. The van der Waals surface area contributed by atoms with Crippen LogP contribution in [0.4, 0.5) is 5.69 Å². The third kappa shape index (κ3) is 4.34. The van der Waals surface area contributed by atoms with Crippen LogP contribution in [0.1, 0.15) is 40.2 Å². The van der Waals surface area contributed by atoms with E-state index in [-0.39, 0.29) is 11.8 Å². The molecule has 0 unspecified atom stereocenters. The van der Waals surface area contributed by atoms with Gasteiger partial charge in [-0.3, -0.25) is 14.0 Å². The van der Waals surface area contributed by atoms with E-state index in [4.69, 9.17) is 11.6 Å². The second kappa shape index (κ2) is 8.44. The minimum atomic E-state index is -0.193. The zero-order valence-corrected chi connectivity index (χ0v) is 16.9. The van der Waals surface area contributed by atoms with E-state index in [1.54, 1.807) is 16.5 Å². The lowest BCUT2D eigenvalue weighted by Crippen LogP contribution is -2.27. The van der Waals surface area contributed by atoms with Crippen LogP contribution in [-0.4, -0.2) is 27.7 Å². The van der Waals surface area contributed by atoms with E-state index in [1.807, 2.05) is 45.2 Å². The van der Waals surface area contributed by atoms with Crippen LogP contribution in [0.5, 0.6) is 0 Å². The van der Waals surface area contributed by atoms with E-state index in [0.717, 1.165) is 16.8 Å². The maximum Gasteiger partial charge on any atom is 0.270 e. The summed E-state index contributed by atoms with van der Waals surface area (Å²) in [6.07, 6.45) is 2.67. The molecule has 3 aromatic rings. The fraction of sp³-hybridized carbons (Fsp3) is 0.286. The number of aromatic nitrogens is 2. The van der Waals surface area contributed by atoms with Gasteiger partial charge in [-0.25, -0.2) is 4.98 Å². The Labute approximate surface area is 168 Å². The van der Waals surface area contributed by atoms with Crippen LogP contribution < -0.4 is 10.6 Å². The van der Waals surface area contributed by atoms with Gasteiger partial charge in [0.05, 0.1) is 5.69 Å². The Balaban J connectivity index is 1.54. The summed E-state index contributed by atoms with van der Waals surface area (Å²) < 4.78 is 1.80. The molecular weight excluding hydrogens is 376 g/mol. The first-order valence-electron chi connectivity index (χ1n) is 9.15. The zero-order chi connectivity index (χ0) is 20.3. The number of carbonyl (C=O) groups is 2. The van der Waals surface area contributed by atoms with Crippen LogP contribution in [0.25, 0.3) is 5.65 Å². The monoisotopic (exact) mass is 398 g/mol. The Kier molecular flexibility index (Phi) is 5.99. The highest BCUT2D eigenvalue weighted by molar-refractivity contribution is 6.31. The fourth-order valence-electron chi connectivity index (χ4n) is 3.07. The van der Waals surface area contributed by atoms with Gasteiger partial charge in [0.25, 0.3) is 5.91 Å². The van der Waals surface area contributed by atoms with Crippen LogP contribution in [-0.2, 0) is 4.79 Å². The summed E-state index contributed by atoms with van der Waals surface area (Å²) in [6, 6.07) is 9.22. The molecule has 2 N–H and O–H groups in total. The largest absolute Gasteiger partial charge is 0.351 e. The molecule has 0 aliphatic carbocycles. The highest BCUT2D eigenvalue weighted by atomic mass is 35.5. The van der Waals surface area contributed by atoms with Gasteiger partial charge in [0, 0.05) is 29.9 Å². The molecule has 1 aromatic carbocycles. The first-order valence-corrected chi connectivity index (χ1v) is 9.53. The molecule has 0 aliphatic rings. The quantitative estimate of drug-likeness (QED) is 0.615. The Bertz CT molecular complexity index is 1040. The number of amides is 2. The summed E-state index contributed by atoms with van der Waals surface area (Å²) in [5, 5.41) is 6.31. The van der Waals surface area contributed by atoms with Gasteiger partial charge < -0.3 is 10.6 Å². The van der Waals surface area contributed by atoms with E-state index >= 15 is 0 Å². The van der Waals surface area contributed by atoms with Gasteiger partial charge in [0.1, 0.15) is 11.3 Å². The molecule has 28 heavy (non-hydrogen) atoms. The Morgan fingerprint density at radius 3 is 2.71 bits per heavy atom. The smallest absolute Gasteiger partial charge is 0.270 e. The molecule has 2 heterocycles. The minimum absolute atomic E-state index is 0.110. The molecule has 6 nitrogen and oxygen atoms in total.